The minimum atomic E-state index is -1.35. The first-order valence-electron chi connectivity index (χ1n) is 7.17. The molecule has 0 amide bonds. The third-order valence-corrected chi connectivity index (χ3v) is 3.23. The molecular formula is C13H19N3O5. The highest BCUT2D eigenvalue weighted by molar-refractivity contribution is 5.46. The van der Waals surface area contributed by atoms with Gasteiger partial charge in [0.1, 0.15) is 12.2 Å². The van der Waals surface area contributed by atoms with Gasteiger partial charge in [0.05, 0.1) is 11.7 Å². The van der Waals surface area contributed by atoms with Crippen molar-refractivity contribution in [3.05, 3.63) is 38.7 Å². The Kier molecular flexibility index (Phi) is 4.30. The van der Waals surface area contributed by atoms with E-state index in [9.17, 15) is 19.8 Å². The number of aromatic nitrogens is 2. The fourth-order valence-corrected chi connectivity index (χ4v) is 2.07. The van der Waals surface area contributed by atoms with E-state index in [2.05, 4.69) is 10.3 Å². The molecule has 1 aliphatic heterocycles. The van der Waals surface area contributed by atoms with E-state index < -0.39 is 35.8 Å². The van der Waals surface area contributed by atoms with E-state index in [1.165, 1.54) is 12.3 Å². The van der Waals surface area contributed by atoms with Gasteiger partial charge in [0.15, 0.2) is 6.23 Å². The van der Waals surface area contributed by atoms with Gasteiger partial charge in [0, 0.05) is 14.1 Å². The highest BCUT2D eigenvalue weighted by Gasteiger charge is 2.41. The van der Waals surface area contributed by atoms with E-state index in [1.807, 2.05) is 0 Å². The van der Waals surface area contributed by atoms with Crippen LogP contribution in [-0.2, 0) is 4.74 Å². The molecule has 4 N–H and O–H groups in total. The Bertz CT molecular complexity index is 656. The van der Waals surface area contributed by atoms with E-state index in [-0.39, 0.29) is 12.5 Å². The Morgan fingerprint density at radius 1 is 1.52 bits per heavy atom. The summed E-state index contributed by atoms with van der Waals surface area (Å²) in [6.07, 6.45) is -0.149. The molecule has 0 saturated carbocycles. The molecule has 0 radical (unpaired) electrons. The van der Waals surface area contributed by atoms with Crippen molar-refractivity contribution >= 4 is 6.08 Å². The summed E-state index contributed by atoms with van der Waals surface area (Å²) in [5.74, 6) is 0. The normalized spacial score (nSPS) is 30.0. The molecule has 4 atom stereocenters. The summed E-state index contributed by atoms with van der Waals surface area (Å²) in [4.78, 5) is 25.8. The van der Waals surface area contributed by atoms with Crippen molar-refractivity contribution in [2.75, 3.05) is 13.6 Å². The van der Waals surface area contributed by atoms with Crippen LogP contribution in [0.25, 0.3) is 6.08 Å². The second-order valence-electron chi connectivity index (χ2n) is 4.76. The van der Waals surface area contributed by atoms with Crippen LogP contribution < -0.4 is 16.6 Å². The van der Waals surface area contributed by atoms with Crippen LogP contribution in [0.2, 0.25) is 0 Å². The zero-order valence-electron chi connectivity index (χ0n) is 12.5. The molecule has 1 aromatic rings. The summed E-state index contributed by atoms with van der Waals surface area (Å²) in [6.45, 7) is 0.294. The molecule has 2 rings (SSSR count). The maximum absolute atomic E-state index is 11.9. The van der Waals surface area contributed by atoms with Gasteiger partial charge in [-0.3, -0.25) is 14.3 Å². The summed E-state index contributed by atoms with van der Waals surface area (Å²) >= 11 is 0. The van der Waals surface area contributed by atoms with Gasteiger partial charge in [-0.25, -0.2) is 4.79 Å². The van der Waals surface area contributed by atoms with Crippen LogP contribution in [0.15, 0.2) is 21.9 Å². The zero-order valence-corrected chi connectivity index (χ0v) is 11.5. The third-order valence-electron chi connectivity index (χ3n) is 3.23. The monoisotopic (exact) mass is 298 g/mol. The van der Waals surface area contributed by atoms with Gasteiger partial charge in [0.2, 0.25) is 0 Å². The number of ether oxygens (including phenoxy) is 1. The number of aliphatic hydroxyl groups is 2. The lowest BCUT2D eigenvalue weighted by Gasteiger charge is -2.17. The SMILES string of the molecule is [2H]C[C@H]1O[C@@H](n2cc(/C=C/CNC)c(=O)[nH]c2=O)[C@@H](O)C1O. The molecule has 0 bridgehead atoms. The average Bonchev–Trinajstić information content (AvgIpc) is 2.77. The third kappa shape index (κ3) is 3.13. The first kappa shape index (κ1) is 14.2. The zero-order chi connectivity index (χ0) is 16.3. The van der Waals surface area contributed by atoms with Crippen molar-refractivity contribution in [1.82, 2.24) is 14.9 Å². The molecule has 1 aromatic heterocycles. The van der Waals surface area contributed by atoms with Gasteiger partial charge in [0.25, 0.3) is 5.56 Å². The Labute approximate surface area is 122 Å². The number of aliphatic hydroxyl groups excluding tert-OH is 2. The van der Waals surface area contributed by atoms with Crippen LogP contribution in [-0.4, -0.2) is 51.7 Å². The quantitative estimate of drug-likeness (QED) is 0.532. The van der Waals surface area contributed by atoms with Gasteiger partial charge in [-0.1, -0.05) is 12.2 Å². The van der Waals surface area contributed by atoms with Gasteiger partial charge in [-0.05, 0) is 13.9 Å². The van der Waals surface area contributed by atoms with Crippen LogP contribution in [0.4, 0.5) is 0 Å². The molecule has 0 spiro atoms. The standard InChI is InChI=1S/C13H19N3O5/c1-7-9(17)10(18)12(21-7)16-6-8(4-3-5-14-2)11(19)15-13(16)20/h3-4,6-7,9-10,12,14,17-18H,5H2,1-2H3,(H,15,19,20)/b4-3+/t7-,9?,10+,12-/m1/s1/i1D. The first-order chi connectivity index (χ1) is 10.5. The van der Waals surface area contributed by atoms with Crippen LogP contribution >= 0.6 is 0 Å². The van der Waals surface area contributed by atoms with Crippen LogP contribution in [0, 0.1) is 0 Å². The fourth-order valence-electron chi connectivity index (χ4n) is 2.07. The number of likely N-dealkylation sites (N-methyl/N-ethyl adjacent to an activating group) is 1. The number of rotatable bonds is 4. The maximum atomic E-state index is 11.9. The van der Waals surface area contributed by atoms with E-state index in [0.29, 0.717) is 6.54 Å². The number of nitrogens with one attached hydrogen (secondary N) is 2. The molecule has 21 heavy (non-hydrogen) atoms. The Morgan fingerprint density at radius 2 is 2.29 bits per heavy atom. The smallest absolute Gasteiger partial charge is 0.330 e. The molecule has 0 aromatic carbocycles. The minimum absolute atomic E-state index is 0.217. The Morgan fingerprint density at radius 3 is 2.90 bits per heavy atom. The van der Waals surface area contributed by atoms with Gasteiger partial charge in [-0.2, -0.15) is 0 Å². The Hall–Kier alpha value is -1.74. The van der Waals surface area contributed by atoms with E-state index in [0.717, 1.165) is 4.57 Å². The van der Waals surface area contributed by atoms with E-state index in [4.69, 9.17) is 6.11 Å². The Balaban J connectivity index is 2.37. The second kappa shape index (κ2) is 6.35. The number of hydrogen-bond donors (Lipinski definition) is 4. The lowest BCUT2D eigenvalue weighted by molar-refractivity contribution is -0.0351. The summed E-state index contributed by atoms with van der Waals surface area (Å²) in [7, 11) is 1.75. The van der Waals surface area contributed by atoms with Crippen molar-refractivity contribution < 1.29 is 16.3 Å². The topological polar surface area (TPSA) is 117 Å². The molecule has 8 heteroatoms. The minimum Gasteiger partial charge on any atom is -0.388 e. The second-order valence-corrected chi connectivity index (χ2v) is 4.76. The molecular weight excluding hydrogens is 278 g/mol. The molecule has 0 aliphatic carbocycles. The lowest BCUT2D eigenvalue weighted by Crippen LogP contribution is -2.38. The van der Waals surface area contributed by atoms with Crippen molar-refractivity contribution in [1.29, 1.82) is 0 Å². The van der Waals surface area contributed by atoms with E-state index >= 15 is 0 Å². The van der Waals surface area contributed by atoms with Crippen LogP contribution in [0.1, 0.15) is 20.1 Å². The molecule has 116 valence electrons. The lowest BCUT2D eigenvalue weighted by atomic mass is 10.1. The predicted molar refractivity (Wildman–Crippen MR) is 75.9 cm³/mol. The van der Waals surface area contributed by atoms with Crippen molar-refractivity contribution in [3.63, 3.8) is 0 Å². The largest absolute Gasteiger partial charge is 0.388 e. The number of H-pyrrole nitrogens is 1. The molecule has 1 fully saturated rings. The van der Waals surface area contributed by atoms with Crippen LogP contribution in [0.5, 0.6) is 0 Å². The number of nitrogens with zero attached hydrogens (tertiary/aromatic N) is 1. The fraction of sp³-hybridized carbons (Fsp3) is 0.538. The summed E-state index contributed by atoms with van der Waals surface area (Å²) in [6, 6.07) is 0. The van der Waals surface area contributed by atoms with Crippen molar-refractivity contribution in [2.45, 2.75) is 31.4 Å². The molecule has 8 nitrogen and oxygen atoms in total. The molecule has 1 saturated heterocycles. The highest BCUT2D eigenvalue weighted by atomic mass is 16.6. The first-order valence-corrected chi connectivity index (χ1v) is 6.47. The summed E-state index contributed by atoms with van der Waals surface area (Å²) in [5.41, 5.74) is -1.09. The van der Waals surface area contributed by atoms with Crippen molar-refractivity contribution in [3.8, 4) is 0 Å². The van der Waals surface area contributed by atoms with E-state index in [1.54, 1.807) is 13.1 Å². The summed E-state index contributed by atoms with van der Waals surface area (Å²) in [5, 5.41) is 22.6. The molecule has 2 heterocycles. The predicted octanol–water partition coefficient (Wildman–Crippen LogP) is -1.59. The maximum Gasteiger partial charge on any atom is 0.330 e. The van der Waals surface area contributed by atoms with Gasteiger partial charge >= 0.3 is 5.69 Å². The molecule has 1 aliphatic rings. The molecule has 1 unspecified atom stereocenters. The summed E-state index contributed by atoms with van der Waals surface area (Å²) < 4.78 is 13.6. The van der Waals surface area contributed by atoms with Gasteiger partial charge < -0.3 is 20.3 Å². The van der Waals surface area contributed by atoms with Gasteiger partial charge in [-0.15, -0.1) is 0 Å². The average molecular weight is 298 g/mol. The highest BCUT2D eigenvalue weighted by Crippen LogP contribution is 2.27. The van der Waals surface area contributed by atoms with Crippen molar-refractivity contribution in [2.24, 2.45) is 0 Å². The van der Waals surface area contributed by atoms with Crippen LogP contribution in [0.3, 0.4) is 0 Å². The number of hydrogen-bond acceptors (Lipinski definition) is 6. The number of aromatic amines is 1.